The molecule has 3 rings (SSSR count). The number of hydrogen-bond acceptors (Lipinski definition) is 7. The highest BCUT2D eigenvalue weighted by molar-refractivity contribution is 8.07. The van der Waals surface area contributed by atoms with Crippen molar-refractivity contribution in [3.05, 3.63) is 41.2 Å². The third-order valence-electron chi connectivity index (χ3n) is 4.29. The zero-order valence-corrected chi connectivity index (χ0v) is 15.7. The van der Waals surface area contributed by atoms with Crippen LogP contribution in [0.15, 0.2) is 24.3 Å². The summed E-state index contributed by atoms with van der Waals surface area (Å²) in [5, 5.41) is 3.48. The molecular formula is C17H23N5S2. The first-order valence-corrected chi connectivity index (χ1v) is 9.52. The number of benzene rings is 1. The lowest BCUT2D eigenvalue weighted by Gasteiger charge is -2.32. The summed E-state index contributed by atoms with van der Waals surface area (Å²) < 4.78 is 0. The number of rotatable bonds is 4. The topological polar surface area (TPSA) is 76.7 Å². The van der Waals surface area contributed by atoms with E-state index in [1.807, 2.05) is 0 Å². The molecule has 5 nitrogen and oxygen atoms in total. The summed E-state index contributed by atoms with van der Waals surface area (Å²) in [4.78, 5) is 13.0. The number of anilines is 2. The Balaban J connectivity index is 0.00000100. The SMILES string of the molecule is CCCc1nc(N)nc(N[C@H]2c3ccccc3CC[C@@H]2C)n1.S=S. The van der Waals surface area contributed by atoms with Crippen LogP contribution in [0.4, 0.5) is 11.9 Å². The lowest BCUT2D eigenvalue weighted by molar-refractivity contribution is 0.432. The van der Waals surface area contributed by atoms with Gasteiger partial charge in [0.25, 0.3) is 0 Å². The predicted molar refractivity (Wildman–Crippen MR) is 103 cm³/mol. The molecule has 0 aliphatic heterocycles. The normalized spacial score (nSPS) is 18.9. The van der Waals surface area contributed by atoms with E-state index in [1.54, 1.807) is 0 Å². The Labute approximate surface area is 153 Å². The lowest BCUT2D eigenvalue weighted by Crippen LogP contribution is -2.26. The number of aromatic nitrogens is 3. The molecule has 24 heavy (non-hydrogen) atoms. The summed E-state index contributed by atoms with van der Waals surface area (Å²) in [5.41, 5.74) is 8.58. The number of nitrogen functional groups attached to an aromatic ring is 1. The number of nitrogens with two attached hydrogens (primary N) is 1. The van der Waals surface area contributed by atoms with E-state index < -0.39 is 0 Å². The lowest BCUT2D eigenvalue weighted by atomic mass is 9.81. The molecular weight excluding hydrogens is 338 g/mol. The van der Waals surface area contributed by atoms with Crippen molar-refractivity contribution >= 4 is 34.3 Å². The van der Waals surface area contributed by atoms with Crippen molar-refractivity contribution in [2.75, 3.05) is 11.1 Å². The molecule has 0 amide bonds. The molecule has 2 aromatic rings. The molecule has 0 saturated carbocycles. The molecule has 0 unspecified atom stereocenters. The van der Waals surface area contributed by atoms with E-state index in [4.69, 9.17) is 5.73 Å². The van der Waals surface area contributed by atoms with Crippen molar-refractivity contribution in [2.45, 2.75) is 45.6 Å². The molecule has 0 saturated heterocycles. The Morgan fingerprint density at radius 1 is 1.21 bits per heavy atom. The van der Waals surface area contributed by atoms with Crippen molar-refractivity contribution in [2.24, 2.45) is 5.92 Å². The third kappa shape index (κ3) is 4.42. The van der Waals surface area contributed by atoms with Gasteiger partial charge in [-0.05, 0) is 36.3 Å². The molecule has 1 aliphatic carbocycles. The highest BCUT2D eigenvalue weighted by Crippen LogP contribution is 2.35. The van der Waals surface area contributed by atoms with Crippen LogP contribution in [0.1, 0.15) is 49.7 Å². The molecule has 128 valence electrons. The van der Waals surface area contributed by atoms with E-state index in [1.165, 1.54) is 11.1 Å². The number of aryl methyl sites for hydroxylation is 2. The van der Waals surface area contributed by atoms with E-state index in [0.29, 0.717) is 11.9 Å². The van der Waals surface area contributed by atoms with Crippen LogP contribution in [0.2, 0.25) is 0 Å². The van der Waals surface area contributed by atoms with Crippen LogP contribution in [0, 0.1) is 5.92 Å². The molecule has 3 N–H and O–H groups in total. The first-order chi connectivity index (χ1) is 11.7. The minimum atomic E-state index is 0.223. The van der Waals surface area contributed by atoms with Gasteiger partial charge < -0.3 is 11.1 Å². The fraction of sp³-hybridized carbons (Fsp3) is 0.471. The molecule has 1 aromatic heterocycles. The van der Waals surface area contributed by atoms with E-state index in [9.17, 15) is 0 Å². The summed E-state index contributed by atoms with van der Waals surface area (Å²) in [6.07, 6.45) is 4.11. The summed E-state index contributed by atoms with van der Waals surface area (Å²) in [7, 11) is 0. The summed E-state index contributed by atoms with van der Waals surface area (Å²) in [6, 6.07) is 8.82. The molecule has 0 bridgehead atoms. The maximum atomic E-state index is 5.82. The fourth-order valence-electron chi connectivity index (χ4n) is 3.12. The third-order valence-corrected chi connectivity index (χ3v) is 4.29. The van der Waals surface area contributed by atoms with Gasteiger partial charge in [-0.25, -0.2) is 0 Å². The highest BCUT2D eigenvalue weighted by Gasteiger charge is 2.27. The van der Waals surface area contributed by atoms with Gasteiger partial charge in [0.1, 0.15) is 5.82 Å². The minimum Gasteiger partial charge on any atom is -0.368 e. The van der Waals surface area contributed by atoms with Crippen LogP contribution in [0.5, 0.6) is 0 Å². The van der Waals surface area contributed by atoms with E-state index in [2.05, 4.69) is 80.8 Å². The molecule has 0 fully saturated rings. The monoisotopic (exact) mass is 361 g/mol. The average Bonchev–Trinajstić information content (AvgIpc) is 2.59. The number of fused-ring (bicyclic) bond motifs is 1. The van der Waals surface area contributed by atoms with Gasteiger partial charge in [-0.2, -0.15) is 15.0 Å². The number of hydrogen-bond donors (Lipinski definition) is 2. The second kappa shape index (κ2) is 8.94. The van der Waals surface area contributed by atoms with Crippen LogP contribution in [-0.4, -0.2) is 15.0 Å². The Hall–Kier alpha value is -1.73. The first kappa shape index (κ1) is 18.6. The second-order valence-electron chi connectivity index (χ2n) is 6.02. The van der Waals surface area contributed by atoms with Crippen LogP contribution in [0.25, 0.3) is 0 Å². The zero-order chi connectivity index (χ0) is 17.5. The summed E-state index contributed by atoms with van der Waals surface area (Å²) >= 11 is 7.33. The van der Waals surface area contributed by atoms with Gasteiger partial charge in [0, 0.05) is 28.8 Å². The molecule has 0 radical (unpaired) electrons. The number of nitrogens with zero attached hydrogens (tertiary/aromatic N) is 3. The van der Waals surface area contributed by atoms with Gasteiger partial charge in [0.15, 0.2) is 0 Å². The van der Waals surface area contributed by atoms with Crippen molar-refractivity contribution in [3.8, 4) is 0 Å². The standard InChI is InChI=1S/C17H23N5.S2/c1-3-6-14-19-16(18)22-17(20-14)21-15-11(2)9-10-12-7-4-5-8-13(12)15;1-2/h4-5,7-8,11,15H,3,6,9-10H2,1-2H3,(H3,18,19,20,21,22);/t11-,15+;/m0./s1. The Morgan fingerprint density at radius 2 is 1.96 bits per heavy atom. The molecule has 1 aromatic carbocycles. The zero-order valence-electron chi connectivity index (χ0n) is 14.0. The molecule has 2 atom stereocenters. The van der Waals surface area contributed by atoms with E-state index >= 15 is 0 Å². The predicted octanol–water partition coefficient (Wildman–Crippen LogP) is 3.14. The van der Waals surface area contributed by atoms with Crippen molar-refractivity contribution in [1.82, 2.24) is 15.0 Å². The molecule has 1 aliphatic rings. The Kier molecular flexibility index (Phi) is 6.93. The largest absolute Gasteiger partial charge is 0.368 e. The second-order valence-corrected chi connectivity index (χ2v) is 6.02. The molecule has 1 heterocycles. The Morgan fingerprint density at radius 3 is 2.71 bits per heavy atom. The van der Waals surface area contributed by atoms with Gasteiger partial charge in [0.05, 0.1) is 6.04 Å². The quantitative estimate of drug-likeness (QED) is 0.866. The smallest absolute Gasteiger partial charge is 0.228 e. The highest BCUT2D eigenvalue weighted by atomic mass is 32.8. The maximum Gasteiger partial charge on any atom is 0.228 e. The van der Waals surface area contributed by atoms with Crippen LogP contribution in [-0.2, 0) is 35.2 Å². The van der Waals surface area contributed by atoms with Gasteiger partial charge in [0.2, 0.25) is 11.9 Å². The van der Waals surface area contributed by atoms with Gasteiger partial charge in [-0.3, -0.25) is 0 Å². The molecule has 7 heteroatoms. The van der Waals surface area contributed by atoms with Gasteiger partial charge in [-0.1, -0.05) is 38.1 Å². The van der Waals surface area contributed by atoms with Crippen LogP contribution in [0.3, 0.4) is 0 Å². The van der Waals surface area contributed by atoms with Gasteiger partial charge >= 0.3 is 0 Å². The Bertz CT molecular complexity index is 680. The van der Waals surface area contributed by atoms with Crippen molar-refractivity contribution in [3.63, 3.8) is 0 Å². The minimum absolute atomic E-state index is 0.223. The van der Waals surface area contributed by atoms with Crippen molar-refractivity contribution < 1.29 is 0 Å². The van der Waals surface area contributed by atoms with Crippen molar-refractivity contribution in [1.29, 1.82) is 0 Å². The summed E-state index contributed by atoms with van der Waals surface area (Å²) in [5.74, 6) is 2.17. The fourth-order valence-corrected chi connectivity index (χ4v) is 3.12. The summed E-state index contributed by atoms with van der Waals surface area (Å²) in [6.45, 7) is 4.37. The average molecular weight is 362 g/mol. The maximum absolute atomic E-state index is 5.82. The van der Waals surface area contributed by atoms with Crippen LogP contribution >= 0.6 is 0 Å². The van der Waals surface area contributed by atoms with Crippen LogP contribution < -0.4 is 11.1 Å². The molecule has 0 spiro atoms. The van der Waals surface area contributed by atoms with E-state index in [0.717, 1.165) is 31.5 Å². The van der Waals surface area contributed by atoms with Gasteiger partial charge in [-0.15, -0.1) is 0 Å². The van der Waals surface area contributed by atoms with E-state index in [-0.39, 0.29) is 12.0 Å². The first-order valence-electron chi connectivity index (χ1n) is 8.18. The number of nitrogens with one attached hydrogen (secondary N) is 1.